The topological polar surface area (TPSA) is 66.0 Å². The lowest BCUT2D eigenvalue weighted by Gasteiger charge is -2.36. The molecule has 0 N–H and O–H groups in total. The van der Waals surface area contributed by atoms with Crippen molar-refractivity contribution in [3.05, 3.63) is 81.0 Å². The summed E-state index contributed by atoms with van der Waals surface area (Å²) in [5.41, 5.74) is 0.524. The Hall–Kier alpha value is -3.01. The molecule has 212 valence electrons. The second-order valence-electron chi connectivity index (χ2n) is 10.9. The van der Waals surface area contributed by atoms with Gasteiger partial charge in [0.1, 0.15) is 17.3 Å². The van der Waals surface area contributed by atoms with Crippen LogP contribution >= 0.6 is 22.9 Å². The summed E-state index contributed by atoms with van der Waals surface area (Å²) in [7, 11) is 0. The number of carbonyl (C=O) groups is 2. The van der Waals surface area contributed by atoms with Crippen molar-refractivity contribution in [2.45, 2.75) is 44.8 Å². The van der Waals surface area contributed by atoms with Gasteiger partial charge in [0, 0.05) is 57.1 Å². The summed E-state index contributed by atoms with van der Waals surface area (Å²) in [6, 6.07) is 13.7. The number of thiazole rings is 1. The van der Waals surface area contributed by atoms with E-state index < -0.39 is 5.60 Å². The summed E-state index contributed by atoms with van der Waals surface area (Å²) in [5.74, 6) is 0.376. The number of hydrogen-bond acceptors (Lipinski definition) is 6. The molecule has 7 nitrogen and oxygen atoms in total. The maximum absolute atomic E-state index is 13.3. The maximum Gasteiger partial charge on any atom is 0.273 e. The Kier molecular flexibility index (Phi) is 8.73. The molecule has 40 heavy (non-hydrogen) atoms. The standard InChI is InChI=1S/C30H34ClFN4O3S/c1-30(2,39-26-6-4-3-5-24(26)31)29(38)36-13-11-22(12-14-36)27-33-25(20-40-27)28(37)35-17-15-34(16-18-35)19-21-7-9-23(32)10-8-21/h3-10,20,22H,11-19H2,1-2H3. The highest BCUT2D eigenvalue weighted by molar-refractivity contribution is 7.09. The van der Waals surface area contributed by atoms with Crippen LogP contribution in [0, 0.1) is 5.82 Å². The second kappa shape index (κ2) is 12.2. The number of aromatic nitrogens is 1. The Balaban J connectivity index is 1.11. The van der Waals surface area contributed by atoms with Crippen LogP contribution in [0.1, 0.15) is 53.7 Å². The van der Waals surface area contributed by atoms with Gasteiger partial charge >= 0.3 is 0 Å². The van der Waals surface area contributed by atoms with Crippen LogP contribution in [0.4, 0.5) is 4.39 Å². The van der Waals surface area contributed by atoms with Crippen LogP contribution in [-0.4, -0.2) is 76.4 Å². The minimum atomic E-state index is -1.04. The fourth-order valence-electron chi connectivity index (χ4n) is 5.25. The molecule has 0 atom stereocenters. The van der Waals surface area contributed by atoms with E-state index in [-0.39, 0.29) is 23.5 Å². The molecule has 0 spiro atoms. The number of carbonyl (C=O) groups excluding carboxylic acids is 2. The number of hydrogen-bond donors (Lipinski definition) is 0. The molecular weight excluding hydrogens is 551 g/mol. The number of likely N-dealkylation sites (tertiary alicyclic amines) is 1. The van der Waals surface area contributed by atoms with Gasteiger partial charge in [-0.15, -0.1) is 11.3 Å². The van der Waals surface area contributed by atoms with Crippen molar-refractivity contribution in [3.8, 4) is 5.75 Å². The molecule has 2 aliphatic heterocycles. The van der Waals surface area contributed by atoms with Gasteiger partial charge in [0.05, 0.1) is 10.0 Å². The maximum atomic E-state index is 13.3. The minimum absolute atomic E-state index is 0.0324. The van der Waals surface area contributed by atoms with Crippen LogP contribution < -0.4 is 4.74 Å². The first-order valence-corrected chi connectivity index (χ1v) is 14.9. The molecule has 3 heterocycles. The third-order valence-electron chi connectivity index (χ3n) is 7.57. The smallest absolute Gasteiger partial charge is 0.273 e. The van der Waals surface area contributed by atoms with Gasteiger partial charge in [-0.05, 0) is 56.5 Å². The predicted molar refractivity (Wildman–Crippen MR) is 154 cm³/mol. The summed E-state index contributed by atoms with van der Waals surface area (Å²) in [5, 5.41) is 3.29. The van der Waals surface area contributed by atoms with Crippen molar-refractivity contribution in [3.63, 3.8) is 0 Å². The number of ether oxygens (including phenoxy) is 1. The minimum Gasteiger partial charge on any atom is -0.476 e. The van der Waals surface area contributed by atoms with E-state index in [4.69, 9.17) is 21.3 Å². The van der Waals surface area contributed by atoms with Gasteiger partial charge in [-0.1, -0.05) is 35.9 Å². The van der Waals surface area contributed by atoms with Crippen molar-refractivity contribution in [2.24, 2.45) is 0 Å². The molecule has 2 saturated heterocycles. The van der Waals surface area contributed by atoms with Gasteiger partial charge in [-0.25, -0.2) is 9.37 Å². The summed E-state index contributed by atoms with van der Waals surface area (Å²) in [6.45, 7) is 8.31. The van der Waals surface area contributed by atoms with Crippen molar-refractivity contribution in [1.82, 2.24) is 19.7 Å². The van der Waals surface area contributed by atoms with E-state index in [1.165, 1.54) is 23.5 Å². The highest BCUT2D eigenvalue weighted by atomic mass is 35.5. The van der Waals surface area contributed by atoms with Crippen LogP contribution in [0.15, 0.2) is 53.9 Å². The van der Waals surface area contributed by atoms with Crippen LogP contribution in [0.5, 0.6) is 5.75 Å². The SMILES string of the molecule is CC(C)(Oc1ccccc1Cl)C(=O)N1CCC(c2nc(C(=O)N3CCN(Cc4ccc(F)cc4)CC3)cs2)CC1. The molecule has 1 aromatic heterocycles. The lowest BCUT2D eigenvalue weighted by atomic mass is 9.96. The highest BCUT2D eigenvalue weighted by Gasteiger charge is 2.37. The summed E-state index contributed by atoms with van der Waals surface area (Å²) in [4.78, 5) is 37.1. The number of benzene rings is 2. The van der Waals surface area contributed by atoms with Crippen LogP contribution in [0.2, 0.25) is 5.02 Å². The Morgan fingerprint density at radius 2 is 1.68 bits per heavy atom. The molecule has 0 aliphatic carbocycles. The molecule has 0 saturated carbocycles. The van der Waals surface area contributed by atoms with E-state index in [1.807, 2.05) is 27.3 Å². The largest absolute Gasteiger partial charge is 0.476 e. The van der Waals surface area contributed by atoms with E-state index in [1.54, 1.807) is 38.1 Å². The zero-order valence-corrected chi connectivity index (χ0v) is 24.4. The average molecular weight is 585 g/mol. The average Bonchev–Trinajstić information content (AvgIpc) is 3.46. The molecule has 2 aromatic carbocycles. The Morgan fingerprint density at radius 3 is 2.35 bits per heavy atom. The van der Waals surface area contributed by atoms with Gasteiger partial charge < -0.3 is 14.5 Å². The number of rotatable bonds is 7. The summed E-state index contributed by atoms with van der Waals surface area (Å²) in [6.07, 6.45) is 1.58. The van der Waals surface area contributed by atoms with E-state index in [0.717, 1.165) is 43.0 Å². The number of piperidine rings is 1. The van der Waals surface area contributed by atoms with Crippen molar-refractivity contribution < 1.29 is 18.7 Å². The molecule has 3 aromatic rings. The zero-order valence-electron chi connectivity index (χ0n) is 22.8. The molecule has 2 fully saturated rings. The fourth-order valence-corrected chi connectivity index (χ4v) is 6.39. The molecule has 0 radical (unpaired) electrons. The number of amides is 2. The van der Waals surface area contributed by atoms with E-state index in [0.29, 0.717) is 42.6 Å². The predicted octanol–water partition coefficient (Wildman–Crippen LogP) is 5.46. The molecule has 0 unspecified atom stereocenters. The number of para-hydroxylation sites is 1. The normalized spacial score (nSPS) is 17.2. The summed E-state index contributed by atoms with van der Waals surface area (Å²) < 4.78 is 19.2. The first kappa shape index (κ1) is 28.5. The lowest BCUT2D eigenvalue weighted by Crippen LogP contribution is -2.51. The van der Waals surface area contributed by atoms with Gasteiger partial charge in [-0.3, -0.25) is 14.5 Å². The van der Waals surface area contributed by atoms with Gasteiger partial charge in [-0.2, -0.15) is 0 Å². The van der Waals surface area contributed by atoms with E-state index >= 15 is 0 Å². The third-order valence-corrected chi connectivity index (χ3v) is 8.89. The zero-order chi connectivity index (χ0) is 28.3. The van der Waals surface area contributed by atoms with Crippen LogP contribution in [0.3, 0.4) is 0 Å². The fraction of sp³-hybridized carbons (Fsp3) is 0.433. The highest BCUT2D eigenvalue weighted by Crippen LogP contribution is 2.33. The number of nitrogens with zero attached hydrogens (tertiary/aromatic N) is 4. The number of halogens is 2. The monoisotopic (exact) mass is 584 g/mol. The van der Waals surface area contributed by atoms with E-state index in [9.17, 15) is 14.0 Å². The molecule has 2 amide bonds. The van der Waals surface area contributed by atoms with E-state index in [2.05, 4.69) is 4.90 Å². The van der Waals surface area contributed by atoms with Gasteiger partial charge in [0.25, 0.3) is 11.8 Å². The number of piperazine rings is 1. The Morgan fingerprint density at radius 1 is 1.00 bits per heavy atom. The van der Waals surface area contributed by atoms with Crippen molar-refractivity contribution in [1.29, 1.82) is 0 Å². The van der Waals surface area contributed by atoms with Crippen LogP contribution in [-0.2, 0) is 11.3 Å². The second-order valence-corrected chi connectivity index (χ2v) is 12.2. The van der Waals surface area contributed by atoms with Crippen molar-refractivity contribution in [2.75, 3.05) is 39.3 Å². The molecule has 10 heteroatoms. The first-order chi connectivity index (χ1) is 19.2. The molecule has 0 bridgehead atoms. The quantitative estimate of drug-likeness (QED) is 0.369. The lowest BCUT2D eigenvalue weighted by molar-refractivity contribution is -0.146. The molecular formula is C30H34ClFN4O3S. The summed E-state index contributed by atoms with van der Waals surface area (Å²) >= 11 is 7.75. The Labute approximate surface area is 243 Å². The van der Waals surface area contributed by atoms with Gasteiger partial charge in [0.15, 0.2) is 5.60 Å². The third kappa shape index (κ3) is 6.65. The Bertz CT molecular complexity index is 1330. The molecule has 5 rings (SSSR count). The molecule has 2 aliphatic rings. The van der Waals surface area contributed by atoms with Crippen LogP contribution in [0.25, 0.3) is 0 Å². The van der Waals surface area contributed by atoms with Crippen molar-refractivity contribution >= 4 is 34.8 Å². The van der Waals surface area contributed by atoms with Gasteiger partial charge in [0.2, 0.25) is 0 Å². The first-order valence-electron chi connectivity index (χ1n) is 13.6.